The fourth-order valence-corrected chi connectivity index (χ4v) is 6.67. The normalized spacial score (nSPS) is 15.4. The highest BCUT2D eigenvalue weighted by Gasteiger charge is 2.27. The quantitative estimate of drug-likeness (QED) is 0.0372. The summed E-state index contributed by atoms with van der Waals surface area (Å²) >= 11 is 0. The maximum Gasteiger partial charge on any atom is 0.343 e. The lowest BCUT2D eigenvalue weighted by Gasteiger charge is -2.29. The van der Waals surface area contributed by atoms with Crippen LogP contribution >= 0.6 is 0 Å². The molecule has 0 N–H and O–H groups in total. The van der Waals surface area contributed by atoms with Crippen LogP contribution < -0.4 is 18.9 Å². The van der Waals surface area contributed by atoms with Crippen molar-refractivity contribution in [3.63, 3.8) is 0 Å². The summed E-state index contributed by atoms with van der Waals surface area (Å²) in [5, 5.41) is 0. The van der Waals surface area contributed by atoms with Gasteiger partial charge in [-0.25, -0.2) is 9.59 Å². The molecule has 4 rings (SSSR count). The maximum absolute atomic E-state index is 13.3. The molecule has 0 heterocycles. The molecular weight excluding hydrogens is 664 g/mol. The Labute approximate surface area is 318 Å². The van der Waals surface area contributed by atoms with Crippen LogP contribution in [0.2, 0.25) is 0 Å². The second-order valence-electron chi connectivity index (χ2n) is 14.2. The third-order valence-corrected chi connectivity index (χ3v) is 9.89. The van der Waals surface area contributed by atoms with Gasteiger partial charge < -0.3 is 23.7 Å². The van der Waals surface area contributed by atoms with Crippen molar-refractivity contribution in [1.82, 2.24) is 0 Å². The zero-order valence-electron chi connectivity index (χ0n) is 32.3. The van der Waals surface area contributed by atoms with Crippen LogP contribution in [0, 0.1) is 0 Å². The van der Waals surface area contributed by atoms with Crippen molar-refractivity contribution in [2.75, 3.05) is 19.8 Å². The highest BCUT2D eigenvalue weighted by Crippen LogP contribution is 2.36. The van der Waals surface area contributed by atoms with Crippen molar-refractivity contribution in [3.8, 4) is 23.0 Å². The van der Waals surface area contributed by atoms with Crippen molar-refractivity contribution in [2.24, 2.45) is 0 Å². The number of carbonyl (C=O) groups is 2. The smallest absolute Gasteiger partial charge is 0.343 e. The van der Waals surface area contributed by atoms with Crippen LogP contribution in [-0.4, -0.2) is 37.9 Å². The minimum absolute atomic E-state index is 0.157. The summed E-state index contributed by atoms with van der Waals surface area (Å²) in [6.45, 7) is 9.98. The van der Waals surface area contributed by atoms with Gasteiger partial charge in [-0.3, -0.25) is 0 Å². The first-order chi connectivity index (χ1) is 26.0. The average molecular weight is 727 g/mol. The highest BCUT2D eigenvalue weighted by molar-refractivity contribution is 5.93. The number of ether oxygens (including phenoxy) is 5. The lowest BCUT2D eigenvalue weighted by molar-refractivity contribution is 0.0191. The Morgan fingerprint density at radius 1 is 0.623 bits per heavy atom. The average Bonchev–Trinajstić information content (AvgIpc) is 3.18. The lowest BCUT2D eigenvalue weighted by atomic mass is 9.83. The van der Waals surface area contributed by atoms with Crippen LogP contribution in [0.3, 0.4) is 0 Å². The van der Waals surface area contributed by atoms with Gasteiger partial charge in [0.25, 0.3) is 0 Å². The van der Waals surface area contributed by atoms with Gasteiger partial charge >= 0.3 is 11.9 Å². The Balaban J connectivity index is 1.20. The Morgan fingerprint density at radius 2 is 1.19 bits per heavy atom. The Morgan fingerprint density at radius 3 is 1.81 bits per heavy atom. The summed E-state index contributed by atoms with van der Waals surface area (Å²) in [6.07, 6.45) is 20.2. The van der Waals surface area contributed by atoms with Gasteiger partial charge in [0.15, 0.2) is 0 Å². The maximum atomic E-state index is 13.3. The molecule has 3 aromatic rings. The minimum Gasteiger partial charge on any atom is -0.494 e. The molecule has 0 amide bonds. The van der Waals surface area contributed by atoms with E-state index in [0.29, 0.717) is 60.5 Å². The van der Waals surface area contributed by atoms with E-state index in [2.05, 4.69) is 20.4 Å². The van der Waals surface area contributed by atoms with E-state index in [1.807, 2.05) is 42.5 Å². The zero-order valence-corrected chi connectivity index (χ0v) is 32.3. The lowest BCUT2D eigenvalue weighted by Crippen LogP contribution is -2.24. The van der Waals surface area contributed by atoms with Crippen molar-refractivity contribution in [3.05, 3.63) is 96.1 Å². The van der Waals surface area contributed by atoms with Gasteiger partial charge in [0.05, 0.1) is 25.4 Å². The summed E-state index contributed by atoms with van der Waals surface area (Å²) < 4.78 is 29.5. The molecule has 0 bridgehead atoms. The fourth-order valence-electron chi connectivity index (χ4n) is 6.67. The van der Waals surface area contributed by atoms with Gasteiger partial charge in [0, 0.05) is 6.07 Å². The van der Waals surface area contributed by atoms with Crippen LogP contribution in [0.25, 0.3) is 0 Å². The van der Waals surface area contributed by atoms with Gasteiger partial charge in [0.2, 0.25) is 0 Å². The number of carbonyl (C=O) groups excluding carboxylic acids is 2. The second kappa shape index (κ2) is 24.1. The summed E-state index contributed by atoms with van der Waals surface area (Å²) in [6, 6.07) is 20.3. The first kappa shape index (κ1) is 41.5. The molecular formula is C46H62O7. The highest BCUT2D eigenvalue weighted by atomic mass is 16.5. The van der Waals surface area contributed by atoms with E-state index in [9.17, 15) is 9.59 Å². The standard InChI is InChI=1S/C46H62O7/c1-4-7-10-12-14-16-33-49-39-24-22-38(23-25-39)45(47)52-40-26-18-36(19-27-40)37-20-28-41(29-21-37)53-46(48)43-31-30-42(35-44(43)51-32-9-6-3)50-34-17-15-13-11-8-5-2/h6,18-19,22-27,30-31,35,37,41H,3-5,7-17,20-21,28-29,32-34H2,1-2H3. The number of esters is 2. The molecule has 1 aliphatic carbocycles. The number of rotatable bonds is 25. The van der Waals surface area contributed by atoms with Gasteiger partial charge in [0.1, 0.15) is 34.7 Å². The number of unbranched alkanes of at least 4 members (excludes halogenated alkanes) is 10. The third kappa shape index (κ3) is 14.9. The number of hydrogen-bond donors (Lipinski definition) is 0. The molecule has 1 saturated carbocycles. The van der Waals surface area contributed by atoms with E-state index in [0.717, 1.165) is 50.7 Å². The van der Waals surface area contributed by atoms with Gasteiger partial charge in [-0.15, -0.1) is 6.58 Å². The zero-order chi connectivity index (χ0) is 37.5. The minimum atomic E-state index is -0.396. The predicted molar refractivity (Wildman–Crippen MR) is 213 cm³/mol. The van der Waals surface area contributed by atoms with Crippen LogP contribution in [0.15, 0.2) is 79.4 Å². The molecule has 0 spiro atoms. The van der Waals surface area contributed by atoms with E-state index in [4.69, 9.17) is 23.7 Å². The topological polar surface area (TPSA) is 80.3 Å². The van der Waals surface area contributed by atoms with Gasteiger partial charge in [-0.1, -0.05) is 96.3 Å². The van der Waals surface area contributed by atoms with Gasteiger partial charge in [-0.2, -0.15) is 0 Å². The molecule has 53 heavy (non-hydrogen) atoms. The summed E-state index contributed by atoms with van der Waals surface area (Å²) in [5.74, 6) is 2.03. The molecule has 0 aliphatic heterocycles. The molecule has 1 aliphatic rings. The van der Waals surface area contributed by atoms with E-state index < -0.39 is 5.97 Å². The Hall–Kier alpha value is -4.26. The number of hydrogen-bond acceptors (Lipinski definition) is 7. The third-order valence-electron chi connectivity index (χ3n) is 9.89. The van der Waals surface area contributed by atoms with E-state index in [1.165, 1.54) is 63.4 Å². The molecule has 0 radical (unpaired) electrons. The van der Waals surface area contributed by atoms with Crippen molar-refractivity contribution < 1.29 is 33.3 Å². The number of benzene rings is 3. The monoisotopic (exact) mass is 726 g/mol. The molecule has 3 aromatic carbocycles. The van der Waals surface area contributed by atoms with Crippen molar-refractivity contribution in [1.29, 1.82) is 0 Å². The largest absolute Gasteiger partial charge is 0.494 e. The van der Waals surface area contributed by atoms with Crippen LogP contribution in [-0.2, 0) is 4.74 Å². The molecule has 288 valence electrons. The second-order valence-corrected chi connectivity index (χ2v) is 14.2. The van der Waals surface area contributed by atoms with Crippen LogP contribution in [0.4, 0.5) is 0 Å². The molecule has 0 atom stereocenters. The van der Waals surface area contributed by atoms with Crippen LogP contribution in [0.5, 0.6) is 23.0 Å². The van der Waals surface area contributed by atoms with E-state index >= 15 is 0 Å². The first-order valence-electron chi connectivity index (χ1n) is 20.3. The van der Waals surface area contributed by atoms with Crippen molar-refractivity contribution in [2.45, 2.75) is 135 Å². The molecule has 0 aromatic heterocycles. The summed E-state index contributed by atoms with van der Waals surface area (Å²) in [5.41, 5.74) is 2.09. The molecule has 7 nitrogen and oxygen atoms in total. The fraction of sp³-hybridized carbons (Fsp3) is 0.522. The predicted octanol–water partition coefficient (Wildman–Crippen LogP) is 12.2. The molecule has 7 heteroatoms. The molecule has 1 fully saturated rings. The Kier molecular flexibility index (Phi) is 18.9. The van der Waals surface area contributed by atoms with Gasteiger partial charge in [-0.05, 0) is 105 Å². The Bertz CT molecular complexity index is 1490. The first-order valence-corrected chi connectivity index (χ1v) is 20.3. The van der Waals surface area contributed by atoms with Crippen LogP contribution in [0.1, 0.15) is 155 Å². The van der Waals surface area contributed by atoms with E-state index in [-0.39, 0.29) is 12.1 Å². The van der Waals surface area contributed by atoms with E-state index in [1.54, 1.807) is 30.3 Å². The molecule has 0 saturated heterocycles. The van der Waals surface area contributed by atoms with Crippen molar-refractivity contribution >= 4 is 11.9 Å². The summed E-state index contributed by atoms with van der Waals surface area (Å²) in [7, 11) is 0. The summed E-state index contributed by atoms with van der Waals surface area (Å²) in [4.78, 5) is 26.1. The SMILES string of the molecule is C=CCCOc1cc(OCCCCCCCC)ccc1C(=O)OC1CCC(c2ccc(OC(=O)c3ccc(OCCCCCCCC)cc3)cc2)CC1. The molecule has 0 unspecified atom stereocenters.